The number of hydrogen-bond donors (Lipinski definition) is 0. The third-order valence-corrected chi connectivity index (χ3v) is 6.78. The van der Waals surface area contributed by atoms with Crippen LogP contribution in [0.2, 0.25) is 0 Å². The molecule has 0 radical (unpaired) electrons. The number of benzene rings is 1. The average Bonchev–Trinajstić information content (AvgIpc) is 3.23. The minimum atomic E-state index is -0.446. The Morgan fingerprint density at radius 1 is 1.00 bits per heavy atom. The van der Waals surface area contributed by atoms with E-state index in [-0.39, 0.29) is 16.4 Å². The normalized spacial score (nSPS) is 14.4. The van der Waals surface area contributed by atoms with Gasteiger partial charge in [-0.3, -0.25) is 19.8 Å². The Kier molecular flexibility index (Phi) is 10.9. The summed E-state index contributed by atoms with van der Waals surface area (Å²) < 4.78 is 7.22. The van der Waals surface area contributed by atoms with Crippen molar-refractivity contribution in [2.75, 3.05) is 26.2 Å². The number of aromatic nitrogens is 2. The predicted molar refractivity (Wildman–Crippen MR) is 137 cm³/mol. The summed E-state index contributed by atoms with van der Waals surface area (Å²) in [5.74, 6) is 0.589. The maximum absolute atomic E-state index is 12.6. The fourth-order valence-corrected chi connectivity index (χ4v) is 4.49. The third kappa shape index (κ3) is 8.54. The van der Waals surface area contributed by atoms with Crippen molar-refractivity contribution in [3.05, 3.63) is 39.2 Å². The van der Waals surface area contributed by atoms with Crippen molar-refractivity contribution in [2.45, 2.75) is 77.8 Å². The molecule has 0 unspecified atom stereocenters. The van der Waals surface area contributed by atoms with Crippen LogP contribution in [0.3, 0.4) is 0 Å². The minimum absolute atomic E-state index is 0.0111. The minimum Gasteiger partial charge on any atom is -0.409 e. The van der Waals surface area contributed by atoms with E-state index in [1.807, 2.05) is 4.90 Å². The number of rotatable bonds is 14. The predicted octanol–water partition coefficient (Wildman–Crippen LogP) is 5.80. The fraction of sp³-hybridized carbons (Fsp3) is 0.640. The van der Waals surface area contributed by atoms with E-state index in [1.165, 1.54) is 57.1 Å². The van der Waals surface area contributed by atoms with Crippen LogP contribution in [-0.2, 0) is 11.5 Å². The number of hydrogen-bond acceptors (Lipinski definition) is 7. The highest BCUT2D eigenvalue weighted by Gasteiger charge is 2.22. The van der Waals surface area contributed by atoms with Crippen LogP contribution >= 0.6 is 12.2 Å². The molecule has 0 spiro atoms. The van der Waals surface area contributed by atoms with Gasteiger partial charge in [-0.25, -0.2) is 4.68 Å². The van der Waals surface area contributed by atoms with Crippen LogP contribution in [0.5, 0.6) is 0 Å². The third-order valence-electron chi connectivity index (χ3n) is 6.48. The van der Waals surface area contributed by atoms with Crippen LogP contribution < -0.4 is 0 Å². The Bertz CT molecular complexity index is 996. The average molecular weight is 504 g/mol. The Labute approximate surface area is 212 Å². The second kappa shape index (κ2) is 14.1. The van der Waals surface area contributed by atoms with Gasteiger partial charge in [0.25, 0.3) is 10.5 Å². The fourth-order valence-electron chi connectivity index (χ4n) is 4.31. The van der Waals surface area contributed by atoms with Crippen molar-refractivity contribution in [1.29, 1.82) is 0 Å². The molecule has 2 heterocycles. The van der Waals surface area contributed by atoms with Crippen LogP contribution in [0, 0.1) is 15.0 Å². The quantitative estimate of drug-likeness (QED) is 0.139. The zero-order valence-electron chi connectivity index (χ0n) is 20.7. The zero-order chi connectivity index (χ0) is 25.0. The topological polar surface area (TPSA) is 97.7 Å². The molecule has 0 saturated carbocycles. The van der Waals surface area contributed by atoms with E-state index in [1.54, 1.807) is 16.8 Å². The van der Waals surface area contributed by atoms with Crippen LogP contribution in [-0.4, -0.2) is 56.6 Å². The Morgan fingerprint density at radius 3 is 2.20 bits per heavy atom. The number of carbonyl (C=O) groups excluding carboxylic acids is 1. The lowest BCUT2D eigenvalue weighted by atomic mass is 10.1. The number of unbranched alkanes of at least 4 members (excludes halogenated alkanes) is 8. The molecular formula is C25H37N5O4S. The highest BCUT2D eigenvalue weighted by atomic mass is 32.1. The van der Waals surface area contributed by atoms with E-state index in [0.717, 1.165) is 25.9 Å². The molecule has 2 aromatic rings. The van der Waals surface area contributed by atoms with Gasteiger partial charge in [0.1, 0.15) is 0 Å². The van der Waals surface area contributed by atoms with Gasteiger partial charge in [0.05, 0.1) is 11.6 Å². The van der Waals surface area contributed by atoms with Gasteiger partial charge in [-0.15, -0.1) is 5.10 Å². The van der Waals surface area contributed by atoms with Crippen LogP contribution in [0.15, 0.2) is 28.7 Å². The van der Waals surface area contributed by atoms with Gasteiger partial charge in [-0.2, -0.15) is 0 Å². The molecule has 1 saturated heterocycles. The molecule has 0 aliphatic carbocycles. The molecule has 192 valence electrons. The number of nitro benzene ring substituents is 1. The summed E-state index contributed by atoms with van der Waals surface area (Å²) >= 11 is 5.31. The van der Waals surface area contributed by atoms with E-state index in [4.69, 9.17) is 16.6 Å². The maximum atomic E-state index is 12.6. The Balaban J connectivity index is 1.36. The summed E-state index contributed by atoms with van der Waals surface area (Å²) in [6.07, 6.45) is 11.9. The first-order chi connectivity index (χ1) is 17.0. The molecule has 1 fully saturated rings. The van der Waals surface area contributed by atoms with E-state index in [2.05, 4.69) is 16.9 Å². The van der Waals surface area contributed by atoms with E-state index in [9.17, 15) is 14.9 Å². The summed E-state index contributed by atoms with van der Waals surface area (Å²) in [7, 11) is 0. The van der Waals surface area contributed by atoms with Gasteiger partial charge >= 0.3 is 0 Å². The SMILES string of the molecule is CCCCCCCCCCCC(=O)N1CCN(Cn2nc(-c3ccc([N+](=O)[O-])cc3)oc2=S)CC1. The molecule has 9 nitrogen and oxygen atoms in total. The van der Waals surface area contributed by atoms with Gasteiger partial charge in [0.2, 0.25) is 11.8 Å². The Morgan fingerprint density at radius 2 is 1.60 bits per heavy atom. The number of nitro groups is 1. The van der Waals surface area contributed by atoms with Crippen LogP contribution in [0.25, 0.3) is 11.5 Å². The molecule has 1 aromatic carbocycles. The monoisotopic (exact) mass is 503 g/mol. The molecule has 1 aliphatic heterocycles. The number of carbonyl (C=O) groups is 1. The maximum Gasteiger partial charge on any atom is 0.288 e. The van der Waals surface area contributed by atoms with Crippen LogP contribution in [0.1, 0.15) is 71.1 Å². The lowest BCUT2D eigenvalue weighted by molar-refractivity contribution is -0.384. The molecule has 1 aliphatic rings. The second-order valence-corrected chi connectivity index (χ2v) is 9.54. The molecule has 0 atom stereocenters. The summed E-state index contributed by atoms with van der Waals surface area (Å²) in [5.41, 5.74) is 0.643. The van der Waals surface area contributed by atoms with Gasteiger partial charge in [-0.1, -0.05) is 58.3 Å². The highest BCUT2D eigenvalue weighted by molar-refractivity contribution is 7.71. The molecular weight excluding hydrogens is 466 g/mol. The van der Waals surface area contributed by atoms with Crippen molar-refractivity contribution < 1.29 is 14.1 Å². The van der Waals surface area contributed by atoms with Crippen molar-refractivity contribution in [3.63, 3.8) is 0 Å². The molecule has 1 aromatic heterocycles. The molecule has 10 heteroatoms. The number of non-ortho nitro benzene ring substituents is 1. The van der Waals surface area contributed by atoms with Crippen molar-refractivity contribution in [1.82, 2.24) is 19.6 Å². The molecule has 35 heavy (non-hydrogen) atoms. The van der Waals surface area contributed by atoms with E-state index < -0.39 is 4.92 Å². The van der Waals surface area contributed by atoms with Crippen molar-refractivity contribution >= 4 is 23.8 Å². The van der Waals surface area contributed by atoms with Gasteiger partial charge < -0.3 is 9.32 Å². The first kappa shape index (κ1) is 27.0. The van der Waals surface area contributed by atoms with Crippen molar-refractivity contribution in [2.24, 2.45) is 0 Å². The lowest BCUT2D eigenvalue weighted by Gasteiger charge is -2.34. The number of amides is 1. The number of nitrogens with zero attached hydrogens (tertiary/aromatic N) is 5. The van der Waals surface area contributed by atoms with Crippen molar-refractivity contribution in [3.8, 4) is 11.5 Å². The zero-order valence-corrected chi connectivity index (χ0v) is 21.5. The summed E-state index contributed by atoms with van der Waals surface area (Å²) in [6.45, 7) is 5.64. The highest BCUT2D eigenvalue weighted by Crippen LogP contribution is 2.21. The summed E-state index contributed by atoms with van der Waals surface area (Å²) in [6, 6.07) is 6.03. The summed E-state index contributed by atoms with van der Waals surface area (Å²) in [5, 5.41) is 15.3. The van der Waals surface area contributed by atoms with Crippen LogP contribution in [0.4, 0.5) is 5.69 Å². The lowest BCUT2D eigenvalue weighted by Crippen LogP contribution is -2.49. The Hall–Kier alpha value is -2.59. The first-order valence-electron chi connectivity index (χ1n) is 12.8. The smallest absolute Gasteiger partial charge is 0.288 e. The van der Waals surface area contributed by atoms with Gasteiger partial charge in [0, 0.05) is 50.3 Å². The largest absolute Gasteiger partial charge is 0.409 e. The molecule has 1 amide bonds. The molecule has 3 rings (SSSR count). The molecule has 0 N–H and O–H groups in total. The summed E-state index contributed by atoms with van der Waals surface area (Å²) in [4.78, 5) is 27.4. The van der Waals surface area contributed by atoms with E-state index >= 15 is 0 Å². The molecule has 0 bridgehead atoms. The van der Waals surface area contributed by atoms with Gasteiger partial charge in [0.15, 0.2) is 0 Å². The second-order valence-electron chi connectivity index (χ2n) is 9.20. The van der Waals surface area contributed by atoms with E-state index in [0.29, 0.717) is 37.6 Å². The standard InChI is InChI=1S/C25H37N5O4S/c1-2-3-4-5-6-7-8-9-10-11-23(31)28-18-16-27(17-19-28)20-29-25(35)34-24(26-29)21-12-14-22(15-13-21)30(32)33/h12-15H,2-11,16-20H2,1H3. The number of piperazine rings is 1. The van der Waals surface area contributed by atoms with Gasteiger partial charge in [-0.05, 0) is 30.8 Å². The first-order valence-corrected chi connectivity index (χ1v) is 13.2.